The first-order chi connectivity index (χ1) is 15.9. The van der Waals surface area contributed by atoms with Crippen LogP contribution < -0.4 is 4.74 Å². The highest BCUT2D eigenvalue weighted by Gasteiger charge is 2.36. The topological polar surface area (TPSA) is 63.7 Å². The van der Waals surface area contributed by atoms with Gasteiger partial charge in [-0.15, -0.1) is 0 Å². The number of thioether (sulfide) groups is 1. The molecule has 5 nitrogen and oxygen atoms in total. The zero-order chi connectivity index (χ0) is 23.4. The molecule has 4 rings (SSSR count). The number of rotatable bonds is 7. The lowest BCUT2D eigenvalue weighted by molar-refractivity contribution is -0.122. The lowest BCUT2D eigenvalue weighted by atomic mass is 10.1. The monoisotopic (exact) mass is 481 g/mol. The van der Waals surface area contributed by atoms with E-state index < -0.39 is 11.1 Å². The standard InChI is InChI=1S/C25H17ClFNO4S/c26-19-10-8-17(9-11-19)22(29)14-28-24(30)23(33-25(28)31)13-16-4-3-6-20(12-16)32-15-18-5-1-2-7-21(18)27/h1-13H,14-15H2/b23-13+. The van der Waals surface area contributed by atoms with Gasteiger partial charge in [-0.3, -0.25) is 19.3 Å². The first kappa shape index (κ1) is 22.8. The molecule has 2 amide bonds. The molecule has 0 saturated carbocycles. The predicted molar refractivity (Wildman–Crippen MR) is 126 cm³/mol. The molecular formula is C25H17ClFNO4S. The number of hydrogen-bond donors (Lipinski definition) is 0. The summed E-state index contributed by atoms with van der Waals surface area (Å²) >= 11 is 6.60. The molecule has 0 aromatic heterocycles. The van der Waals surface area contributed by atoms with Gasteiger partial charge in [0, 0.05) is 16.1 Å². The van der Waals surface area contributed by atoms with Gasteiger partial charge in [0.2, 0.25) is 0 Å². The zero-order valence-electron chi connectivity index (χ0n) is 17.2. The van der Waals surface area contributed by atoms with Crippen molar-refractivity contribution in [1.82, 2.24) is 4.90 Å². The van der Waals surface area contributed by atoms with Gasteiger partial charge >= 0.3 is 0 Å². The minimum atomic E-state index is -0.537. The van der Waals surface area contributed by atoms with Crippen molar-refractivity contribution in [2.45, 2.75) is 6.61 Å². The van der Waals surface area contributed by atoms with Crippen LogP contribution in [0.5, 0.6) is 5.75 Å². The van der Waals surface area contributed by atoms with Crippen LogP contribution in [0.15, 0.2) is 77.7 Å². The average molecular weight is 482 g/mol. The molecule has 0 spiro atoms. The fourth-order valence-electron chi connectivity index (χ4n) is 3.13. The Labute approximate surface area is 198 Å². The van der Waals surface area contributed by atoms with Crippen LogP contribution in [-0.2, 0) is 11.4 Å². The molecular weight excluding hydrogens is 465 g/mol. The second-order valence-corrected chi connectivity index (χ2v) is 8.58. The molecule has 8 heteroatoms. The number of carbonyl (C=O) groups excluding carboxylic acids is 3. The molecule has 0 radical (unpaired) electrons. The van der Waals surface area contributed by atoms with Crippen molar-refractivity contribution in [2.75, 3.05) is 6.54 Å². The van der Waals surface area contributed by atoms with Gasteiger partial charge in [0.25, 0.3) is 11.1 Å². The van der Waals surface area contributed by atoms with Gasteiger partial charge in [0.05, 0.1) is 11.4 Å². The number of ether oxygens (including phenoxy) is 1. The fourth-order valence-corrected chi connectivity index (χ4v) is 4.09. The number of imide groups is 1. The molecule has 3 aromatic rings. The number of Topliss-reactive ketones (excluding diaryl/α,β-unsaturated/α-hetero) is 1. The predicted octanol–water partition coefficient (Wildman–Crippen LogP) is 5.98. The molecule has 1 aliphatic heterocycles. The Morgan fingerprint density at radius 3 is 2.55 bits per heavy atom. The van der Waals surface area contributed by atoms with Crippen LogP contribution in [0.4, 0.5) is 9.18 Å². The third kappa shape index (κ3) is 5.50. The van der Waals surface area contributed by atoms with E-state index in [-0.39, 0.29) is 29.7 Å². The summed E-state index contributed by atoms with van der Waals surface area (Å²) in [5.41, 5.74) is 1.42. The van der Waals surface area contributed by atoms with Crippen LogP contribution in [0.2, 0.25) is 5.02 Å². The van der Waals surface area contributed by atoms with Crippen molar-refractivity contribution in [3.8, 4) is 5.75 Å². The number of benzene rings is 3. The molecule has 166 valence electrons. The van der Waals surface area contributed by atoms with Crippen LogP contribution >= 0.6 is 23.4 Å². The lowest BCUT2D eigenvalue weighted by Gasteiger charge is -2.11. The number of halogens is 2. The Morgan fingerprint density at radius 1 is 1.03 bits per heavy atom. The average Bonchev–Trinajstić information content (AvgIpc) is 3.06. The number of nitrogens with zero attached hydrogens (tertiary/aromatic N) is 1. The van der Waals surface area contributed by atoms with Crippen LogP contribution in [0.25, 0.3) is 6.08 Å². The lowest BCUT2D eigenvalue weighted by Crippen LogP contribution is -2.33. The van der Waals surface area contributed by atoms with Crippen LogP contribution in [0, 0.1) is 5.82 Å². The molecule has 0 aliphatic carbocycles. The molecule has 3 aromatic carbocycles. The van der Waals surface area contributed by atoms with E-state index >= 15 is 0 Å². The second-order valence-electron chi connectivity index (χ2n) is 7.15. The van der Waals surface area contributed by atoms with E-state index in [0.717, 1.165) is 16.7 Å². The van der Waals surface area contributed by atoms with E-state index in [2.05, 4.69) is 0 Å². The largest absolute Gasteiger partial charge is 0.489 e. The van der Waals surface area contributed by atoms with Gasteiger partial charge in [-0.25, -0.2) is 4.39 Å². The molecule has 1 aliphatic rings. The third-order valence-electron chi connectivity index (χ3n) is 4.85. The summed E-state index contributed by atoms with van der Waals surface area (Å²) in [6.07, 6.45) is 1.56. The van der Waals surface area contributed by atoms with Crippen LogP contribution in [-0.4, -0.2) is 28.4 Å². The maximum absolute atomic E-state index is 13.8. The van der Waals surface area contributed by atoms with Gasteiger partial charge in [0.1, 0.15) is 18.2 Å². The van der Waals surface area contributed by atoms with Gasteiger partial charge in [-0.05, 0) is 65.9 Å². The summed E-state index contributed by atoms with van der Waals surface area (Å²) < 4.78 is 19.4. The molecule has 33 heavy (non-hydrogen) atoms. The van der Waals surface area contributed by atoms with E-state index in [1.807, 2.05) is 0 Å². The van der Waals surface area contributed by atoms with Crippen molar-refractivity contribution < 1.29 is 23.5 Å². The highest BCUT2D eigenvalue weighted by molar-refractivity contribution is 8.18. The highest BCUT2D eigenvalue weighted by Crippen LogP contribution is 2.33. The maximum atomic E-state index is 13.8. The van der Waals surface area contributed by atoms with Gasteiger partial charge in [-0.1, -0.05) is 41.9 Å². The molecule has 0 unspecified atom stereocenters. The van der Waals surface area contributed by atoms with Crippen LogP contribution in [0.3, 0.4) is 0 Å². The van der Waals surface area contributed by atoms with Crippen molar-refractivity contribution in [1.29, 1.82) is 0 Å². The molecule has 1 heterocycles. The SMILES string of the molecule is O=C(CN1C(=O)S/C(=C/c2cccc(OCc3ccccc3F)c2)C1=O)c1ccc(Cl)cc1. The van der Waals surface area contributed by atoms with Gasteiger partial charge < -0.3 is 4.74 Å². The maximum Gasteiger partial charge on any atom is 0.293 e. The number of hydrogen-bond acceptors (Lipinski definition) is 5. The van der Waals surface area contributed by atoms with E-state index in [0.29, 0.717) is 27.5 Å². The third-order valence-corrected chi connectivity index (χ3v) is 6.01. The molecule has 0 atom stereocenters. The minimum absolute atomic E-state index is 0.0550. The smallest absolute Gasteiger partial charge is 0.293 e. The number of amides is 2. The van der Waals surface area contributed by atoms with Crippen molar-refractivity contribution in [2.24, 2.45) is 0 Å². The molecule has 1 saturated heterocycles. The number of carbonyl (C=O) groups is 3. The van der Waals surface area contributed by atoms with Crippen molar-refractivity contribution in [3.63, 3.8) is 0 Å². The van der Waals surface area contributed by atoms with E-state index in [1.54, 1.807) is 72.8 Å². The summed E-state index contributed by atoms with van der Waals surface area (Å²) in [5, 5.41) is -0.0266. The Balaban J connectivity index is 1.44. The Bertz CT molecular complexity index is 1260. The van der Waals surface area contributed by atoms with E-state index in [9.17, 15) is 18.8 Å². The summed E-state index contributed by atoms with van der Waals surface area (Å²) in [4.78, 5) is 38.7. The Hall–Kier alpha value is -3.42. The summed E-state index contributed by atoms with van der Waals surface area (Å²) in [7, 11) is 0. The zero-order valence-corrected chi connectivity index (χ0v) is 18.7. The van der Waals surface area contributed by atoms with Crippen molar-refractivity contribution >= 4 is 46.4 Å². The minimum Gasteiger partial charge on any atom is -0.489 e. The van der Waals surface area contributed by atoms with Gasteiger partial charge in [-0.2, -0.15) is 0 Å². The Kier molecular flexibility index (Phi) is 6.91. The second kappa shape index (κ2) is 10.0. The first-order valence-corrected chi connectivity index (χ1v) is 11.1. The molecule has 0 bridgehead atoms. The summed E-state index contributed by atoms with van der Waals surface area (Å²) in [5.74, 6) is -0.761. The van der Waals surface area contributed by atoms with Crippen LogP contribution in [0.1, 0.15) is 21.5 Å². The first-order valence-electron chi connectivity index (χ1n) is 9.91. The summed E-state index contributed by atoms with van der Waals surface area (Å²) in [6, 6.07) is 19.5. The fraction of sp³-hybridized carbons (Fsp3) is 0.0800. The quantitative estimate of drug-likeness (QED) is 0.307. The Morgan fingerprint density at radius 2 is 1.79 bits per heavy atom. The van der Waals surface area contributed by atoms with Crippen molar-refractivity contribution in [3.05, 3.63) is 105 Å². The van der Waals surface area contributed by atoms with Gasteiger partial charge in [0.15, 0.2) is 5.78 Å². The summed E-state index contributed by atoms with van der Waals surface area (Å²) in [6.45, 7) is -0.297. The molecule has 1 fully saturated rings. The van der Waals surface area contributed by atoms with E-state index in [1.165, 1.54) is 6.07 Å². The number of ketones is 1. The van der Waals surface area contributed by atoms with E-state index in [4.69, 9.17) is 16.3 Å². The molecule has 0 N–H and O–H groups in total. The highest BCUT2D eigenvalue weighted by atomic mass is 35.5. The normalized spacial score (nSPS) is 14.7.